The Kier molecular flexibility index (Phi) is 9.53. The number of ether oxygens (including phenoxy) is 1. The number of aryl methyl sites for hydroxylation is 1. The molecule has 1 unspecified atom stereocenters. The molecule has 2 aliphatic heterocycles. The van der Waals surface area contributed by atoms with E-state index in [1.165, 1.54) is 4.57 Å². The first-order valence-electron chi connectivity index (χ1n) is 15.9. The van der Waals surface area contributed by atoms with Crippen LogP contribution in [0, 0.1) is 11.7 Å². The molecule has 4 heterocycles. The molecule has 0 spiro atoms. The molecule has 0 aliphatic carbocycles. The molecule has 0 radical (unpaired) electrons. The standard InChI is InChI=1S/C34H41ClFN7O2/c1-20(2)4-3-5-21-14-27(31(36)28(35)15-21)29-16-23-19-43(34(44)42-32(23)41-29)25-8-6-22(7-9-25)30-18-24(37)17-26(45-30)10-11-38-33-39-12-13-40-33/h6-9,14-16,19-20,24,26,30H,3-5,10-13,17-18,37H2,1-2H3,(H2,38,39,40)(H,41,42,44)/t24?,26-,30+/m0/s1. The SMILES string of the molecule is CC(C)CCCc1cc(Cl)c(F)c(-c2cc3cn(-c4ccc([C@H]5CC(N)C[C@H](CCNC6=NCCN6)O5)cc4)c(=O)nc3[nH]2)c1. The summed E-state index contributed by atoms with van der Waals surface area (Å²) in [5.41, 5.74) is 9.94. The molecule has 45 heavy (non-hydrogen) atoms. The number of hydrogen-bond acceptors (Lipinski definition) is 7. The number of rotatable bonds is 10. The summed E-state index contributed by atoms with van der Waals surface area (Å²) in [7, 11) is 0. The lowest BCUT2D eigenvalue weighted by molar-refractivity contribution is -0.0608. The van der Waals surface area contributed by atoms with Crippen molar-refractivity contribution in [3.05, 3.63) is 81.1 Å². The van der Waals surface area contributed by atoms with Crippen LogP contribution in [-0.4, -0.2) is 52.3 Å². The fourth-order valence-electron chi connectivity index (χ4n) is 6.19. The Hall–Kier alpha value is -3.73. The summed E-state index contributed by atoms with van der Waals surface area (Å²) in [6.07, 6.45) is 6.93. The molecular formula is C34H41ClFN7O2. The summed E-state index contributed by atoms with van der Waals surface area (Å²) >= 11 is 6.29. The Morgan fingerprint density at radius 1 is 1.20 bits per heavy atom. The zero-order chi connectivity index (χ0) is 31.5. The van der Waals surface area contributed by atoms with Crippen LogP contribution < -0.4 is 22.1 Å². The second-order valence-corrected chi connectivity index (χ2v) is 13.0. The number of halogens is 2. The van der Waals surface area contributed by atoms with Crippen LogP contribution in [0.4, 0.5) is 4.39 Å². The Morgan fingerprint density at radius 2 is 2.02 bits per heavy atom. The predicted octanol–water partition coefficient (Wildman–Crippen LogP) is 5.64. The van der Waals surface area contributed by atoms with Crippen LogP contribution >= 0.6 is 11.6 Å². The minimum Gasteiger partial charge on any atom is -0.370 e. The third kappa shape index (κ3) is 7.40. The van der Waals surface area contributed by atoms with Gasteiger partial charge in [0.25, 0.3) is 0 Å². The van der Waals surface area contributed by atoms with Gasteiger partial charge in [0, 0.05) is 36.3 Å². The molecule has 1 saturated heterocycles. The summed E-state index contributed by atoms with van der Waals surface area (Å²) in [5.74, 6) is 0.952. The van der Waals surface area contributed by atoms with E-state index in [4.69, 9.17) is 22.1 Å². The van der Waals surface area contributed by atoms with E-state index in [2.05, 4.69) is 39.4 Å². The molecule has 9 nitrogen and oxygen atoms in total. The monoisotopic (exact) mass is 633 g/mol. The van der Waals surface area contributed by atoms with Gasteiger partial charge in [-0.15, -0.1) is 0 Å². The largest absolute Gasteiger partial charge is 0.370 e. The van der Waals surface area contributed by atoms with E-state index in [-0.39, 0.29) is 23.3 Å². The highest BCUT2D eigenvalue weighted by atomic mass is 35.5. The maximum Gasteiger partial charge on any atom is 0.354 e. The molecule has 2 aliphatic rings. The lowest BCUT2D eigenvalue weighted by atomic mass is 9.93. The van der Waals surface area contributed by atoms with Gasteiger partial charge in [0.15, 0.2) is 11.8 Å². The summed E-state index contributed by atoms with van der Waals surface area (Å²) < 4.78 is 23.1. The van der Waals surface area contributed by atoms with Gasteiger partial charge in [-0.1, -0.05) is 44.0 Å². The van der Waals surface area contributed by atoms with Crippen LogP contribution in [0.3, 0.4) is 0 Å². The van der Waals surface area contributed by atoms with Crippen LogP contribution in [-0.2, 0) is 11.2 Å². The lowest BCUT2D eigenvalue weighted by Gasteiger charge is -2.34. The van der Waals surface area contributed by atoms with Crippen LogP contribution in [0.25, 0.3) is 28.0 Å². The van der Waals surface area contributed by atoms with Crippen molar-refractivity contribution < 1.29 is 9.13 Å². The number of fused-ring (bicyclic) bond motifs is 1. The van der Waals surface area contributed by atoms with Gasteiger partial charge in [0.2, 0.25) is 0 Å². The number of benzene rings is 2. The second kappa shape index (κ2) is 13.7. The van der Waals surface area contributed by atoms with Crippen molar-refractivity contribution in [3.8, 4) is 16.9 Å². The van der Waals surface area contributed by atoms with Gasteiger partial charge in [0.05, 0.1) is 35.2 Å². The predicted molar refractivity (Wildman–Crippen MR) is 178 cm³/mol. The van der Waals surface area contributed by atoms with Gasteiger partial charge in [0.1, 0.15) is 5.65 Å². The fourth-order valence-corrected chi connectivity index (χ4v) is 6.44. The molecule has 11 heteroatoms. The number of H-pyrrole nitrogens is 1. The topological polar surface area (TPSA) is 122 Å². The minimum absolute atomic E-state index is 0.0467. The number of nitrogens with zero attached hydrogens (tertiary/aromatic N) is 3. The van der Waals surface area contributed by atoms with Gasteiger partial charge >= 0.3 is 5.69 Å². The summed E-state index contributed by atoms with van der Waals surface area (Å²) in [6, 6.07) is 13.1. The van der Waals surface area contributed by atoms with E-state index in [9.17, 15) is 4.79 Å². The van der Waals surface area contributed by atoms with Crippen molar-refractivity contribution >= 4 is 28.6 Å². The Bertz CT molecular complexity index is 1730. The van der Waals surface area contributed by atoms with Crippen LogP contribution in [0.5, 0.6) is 0 Å². The molecule has 2 aromatic carbocycles. The van der Waals surface area contributed by atoms with Crippen molar-refractivity contribution in [1.29, 1.82) is 0 Å². The zero-order valence-electron chi connectivity index (χ0n) is 25.8. The molecular weight excluding hydrogens is 593 g/mol. The Labute approximate surface area is 267 Å². The highest BCUT2D eigenvalue weighted by Gasteiger charge is 2.28. The number of aromatic amines is 1. The third-order valence-electron chi connectivity index (χ3n) is 8.55. The highest BCUT2D eigenvalue weighted by molar-refractivity contribution is 6.31. The summed E-state index contributed by atoms with van der Waals surface area (Å²) in [5, 5.41) is 7.31. The number of nitrogens with two attached hydrogens (primary N) is 1. The molecule has 238 valence electrons. The van der Waals surface area contributed by atoms with E-state index in [0.29, 0.717) is 33.9 Å². The number of aliphatic imine (C=N–C) groups is 1. The van der Waals surface area contributed by atoms with Gasteiger partial charge < -0.3 is 26.1 Å². The van der Waals surface area contributed by atoms with Gasteiger partial charge in [-0.2, -0.15) is 4.98 Å². The Balaban J connectivity index is 1.18. The van der Waals surface area contributed by atoms with Gasteiger partial charge in [-0.3, -0.25) is 9.56 Å². The van der Waals surface area contributed by atoms with Crippen molar-refractivity contribution in [3.63, 3.8) is 0 Å². The molecule has 0 saturated carbocycles. The number of nitrogens with one attached hydrogen (secondary N) is 3. The first-order valence-corrected chi connectivity index (χ1v) is 16.3. The minimum atomic E-state index is -0.495. The van der Waals surface area contributed by atoms with E-state index in [1.807, 2.05) is 30.3 Å². The smallest absolute Gasteiger partial charge is 0.354 e. The molecule has 0 amide bonds. The van der Waals surface area contributed by atoms with Gasteiger partial charge in [-0.25, -0.2) is 9.18 Å². The van der Waals surface area contributed by atoms with Crippen LogP contribution in [0.1, 0.15) is 63.2 Å². The summed E-state index contributed by atoms with van der Waals surface area (Å²) in [6.45, 7) is 6.81. The zero-order valence-corrected chi connectivity index (χ0v) is 26.5. The Morgan fingerprint density at radius 3 is 2.78 bits per heavy atom. The first-order chi connectivity index (χ1) is 21.7. The van der Waals surface area contributed by atoms with E-state index in [0.717, 1.165) is 75.2 Å². The molecule has 3 atom stereocenters. The molecule has 2 aromatic heterocycles. The maximum absolute atomic E-state index is 15.2. The van der Waals surface area contributed by atoms with E-state index in [1.54, 1.807) is 18.3 Å². The number of guanidine groups is 1. The third-order valence-corrected chi connectivity index (χ3v) is 8.82. The van der Waals surface area contributed by atoms with Crippen LogP contribution in [0.15, 0.2) is 58.4 Å². The van der Waals surface area contributed by atoms with Crippen molar-refractivity contribution in [2.45, 2.75) is 70.6 Å². The molecule has 0 bridgehead atoms. The van der Waals surface area contributed by atoms with Crippen molar-refractivity contribution in [1.82, 2.24) is 25.2 Å². The van der Waals surface area contributed by atoms with Crippen molar-refractivity contribution in [2.24, 2.45) is 16.6 Å². The highest BCUT2D eigenvalue weighted by Crippen LogP contribution is 2.33. The second-order valence-electron chi connectivity index (χ2n) is 12.5. The summed E-state index contributed by atoms with van der Waals surface area (Å²) in [4.78, 5) is 24.8. The first kappa shape index (κ1) is 31.3. The van der Waals surface area contributed by atoms with Gasteiger partial charge in [-0.05, 0) is 79.5 Å². The molecule has 1 fully saturated rings. The molecule has 6 rings (SSSR count). The van der Waals surface area contributed by atoms with Crippen LogP contribution in [0.2, 0.25) is 5.02 Å². The number of aromatic nitrogens is 3. The molecule has 4 aromatic rings. The average Bonchev–Trinajstić information content (AvgIpc) is 3.68. The quantitative estimate of drug-likeness (QED) is 0.179. The normalized spacial score (nSPS) is 20.0. The van der Waals surface area contributed by atoms with Crippen molar-refractivity contribution in [2.75, 3.05) is 19.6 Å². The average molecular weight is 634 g/mol. The molecule has 5 N–H and O–H groups in total. The van der Waals surface area contributed by atoms with E-state index < -0.39 is 11.5 Å². The number of hydrogen-bond donors (Lipinski definition) is 4. The lowest BCUT2D eigenvalue weighted by Crippen LogP contribution is -2.40. The fraction of sp³-hybridized carbons (Fsp3) is 0.441. The van der Waals surface area contributed by atoms with E-state index >= 15 is 4.39 Å². The maximum atomic E-state index is 15.2.